The number of benzene rings is 1. The molecule has 72 valence electrons. The molecule has 0 fully saturated rings. The third kappa shape index (κ3) is 3.36. The Morgan fingerprint density at radius 3 is 2.77 bits per heavy atom. The molecule has 0 heterocycles. The Kier molecular flexibility index (Phi) is 4.25. The molecule has 1 unspecified atom stereocenters. The molecule has 2 nitrogen and oxygen atoms in total. The summed E-state index contributed by atoms with van der Waals surface area (Å²) < 4.78 is 1.10. The van der Waals surface area contributed by atoms with Crippen molar-refractivity contribution >= 4 is 21.6 Å². The fraction of sp³-hybridized carbons (Fsp3) is 0.400. The summed E-state index contributed by atoms with van der Waals surface area (Å²) in [5.74, 6) is 0.507. The van der Waals surface area contributed by atoms with Gasteiger partial charge < -0.3 is 11.1 Å². The zero-order valence-corrected chi connectivity index (χ0v) is 9.34. The molecule has 13 heavy (non-hydrogen) atoms. The molecule has 0 aliphatic heterocycles. The second-order valence-electron chi connectivity index (χ2n) is 3.20. The second-order valence-corrected chi connectivity index (χ2v) is 4.06. The lowest BCUT2D eigenvalue weighted by Crippen LogP contribution is -2.19. The van der Waals surface area contributed by atoms with Gasteiger partial charge in [0.05, 0.1) is 0 Å². The average Bonchev–Trinajstić information content (AvgIpc) is 2.16. The van der Waals surface area contributed by atoms with Crippen molar-refractivity contribution in [1.82, 2.24) is 0 Å². The van der Waals surface area contributed by atoms with Crippen molar-refractivity contribution in [2.75, 3.05) is 18.4 Å². The van der Waals surface area contributed by atoms with Gasteiger partial charge in [-0.25, -0.2) is 0 Å². The highest BCUT2D eigenvalue weighted by molar-refractivity contribution is 9.10. The molecule has 1 aromatic rings. The van der Waals surface area contributed by atoms with Crippen molar-refractivity contribution in [3.63, 3.8) is 0 Å². The van der Waals surface area contributed by atoms with Crippen molar-refractivity contribution in [2.24, 2.45) is 11.7 Å². The average molecular weight is 243 g/mol. The number of hydrogen-bond donors (Lipinski definition) is 2. The first kappa shape index (κ1) is 10.5. The van der Waals surface area contributed by atoms with E-state index in [4.69, 9.17) is 5.73 Å². The molecule has 0 aliphatic rings. The Bertz CT molecular complexity index is 263. The van der Waals surface area contributed by atoms with Gasteiger partial charge in [-0.3, -0.25) is 0 Å². The highest BCUT2D eigenvalue weighted by Crippen LogP contribution is 2.21. The highest BCUT2D eigenvalue weighted by atomic mass is 79.9. The predicted octanol–water partition coefficient (Wildman–Crippen LogP) is 2.46. The number of halogens is 1. The molecule has 0 aliphatic carbocycles. The van der Waals surface area contributed by atoms with Gasteiger partial charge in [0, 0.05) is 16.7 Å². The molecule has 3 N–H and O–H groups in total. The Morgan fingerprint density at radius 1 is 1.46 bits per heavy atom. The maximum Gasteiger partial charge on any atom is 0.0484 e. The summed E-state index contributed by atoms with van der Waals surface area (Å²) in [6, 6.07) is 8.09. The second kappa shape index (κ2) is 5.25. The van der Waals surface area contributed by atoms with Gasteiger partial charge >= 0.3 is 0 Å². The van der Waals surface area contributed by atoms with E-state index in [9.17, 15) is 0 Å². The first-order valence-corrected chi connectivity index (χ1v) is 5.21. The van der Waals surface area contributed by atoms with Gasteiger partial charge in [0.25, 0.3) is 0 Å². The zero-order chi connectivity index (χ0) is 9.68. The molecule has 1 rings (SSSR count). The number of anilines is 1. The maximum atomic E-state index is 5.52. The van der Waals surface area contributed by atoms with E-state index in [0.717, 1.165) is 23.2 Å². The summed E-state index contributed by atoms with van der Waals surface area (Å²) in [6.07, 6.45) is 0. The molecule has 0 saturated carbocycles. The molecule has 0 saturated heterocycles. The molecule has 0 bridgehead atoms. The summed E-state index contributed by atoms with van der Waals surface area (Å²) in [5, 5.41) is 3.34. The lowest BCUT2D eigenvalue weighted by atomic mass is 10.2. The SMILES string of the molecule is CC(CN)CNc1ccccc1Br. The lowest BCUT2D eigenvalue weighted by molar-refractivity contribution is 0.628. The van der Waals surface area contributed by atoms with E-state index in [2.05, 4.69) is 28.2 Å². The lowest BCUT2D eigenvalue weighted by Gasteiger charge is -2.12. The van der Waals surface area contributed by atoms with E-state index in [-0.39, 0.29) is 0 Å². The molecular formula is C10H15BrN2. The van der Waals surface area contributed by atoms with Gasteiger partial charge in [-0.15, -0.1) is 0 Å². The summed E-state index contributed by atoms with van der Waals surface area (Å²) >= 11 is 3.47. The standard InChI is InChI=1S/C10H15BrN2/c1-8(6-12)7-13-10-5-3-2-4-9(10)11/h2-5,8,13H,6-7,12H2,1H3. The van der Waals surface area contributed by atoms with E-state index in [1.54, 1.807) is 0 Å². The largest absolute Gasteiger partial charge is 0.384 e. The molecular weight excluding hydrogens is 228 g/mol. The Labute approximate surface area is 87.6 Å². The summed E-state index contributed by atoms with van der Waals surface area (Å²) in [7, 11) is 0. The van der Waals surface area contributed by atoms with Gasteiger partial charge in [0.15, 0.2) is 0 Å². The van der Waals surface area contributed by atoms with Crippen LogP contribution in [0.3, 0.4) is 0 Å². The smallest absolute Gasteiger partial charge is 0.0484 e. The van der Waals surface area contributed by atoms with Crippen molar-refractivity contribution in [2.45, 2.75) is 6.92 Å². The van der Waals surface area contributed by atoms with Crippen molar-refractivity contribution in [3.8, 4) is 0 Å². The van der Waals surface area contributed by atoms with Crippen LogP contribution in [0.4, 0.5) is 5.69 Å². The minimum absolute atomic E-state index is 0.507. The Hall–Kier alpha value is -0.540. The van der Waals surface area contributed by atoms with Gasteiger partial charge in [0.2, 0.25) is 0 Å². The van der Waals surface area contributed by atoms with E-state index in [0.29, 0.717) is 5.92 Å². The first-order chi connectivity index (χ1) is 6.24. The van der Waals surface area contributed by atoms with E-state index >= 15 is 0 Å². The van der Waals surface area contributed by atoms with Crippen LogP contribution in [0.25, 0.3) is 0 Å². The summed E-state index contributed by atoms with van der Waals surface area (Å²) in [6.45, 7) is 3.76. The van der Waals surface area contributed by atoms with Crippen molar-refractivity contribution in [3.05, 3.63) is 28.7 Å². The number of rotatable bonds is 4. The normalized spacial score (nSPS) is 12.5. The topological polar surface area (TPSA) is 38.0 Å². The fourth-order valence-electron chi connectivity index (χ4n) is 0.972. The maximum absolute atomic E-state index is 5.52. The van der Waals surface area contributed by atoms with Gasteiger partial charge in [-0.05, 0) is 40.5 Å². The number of nitrogens with one attached hydrogen (secondary N) is 1. The van der Waals surface area contributed by atoms with Crippen molar-refractivity contribution in [1.29, 1.82) is 0 Å². The van der Waals surface area contributed by atoms with E-state index < -0.39 is 0 Å². The van der Waals surface area contributed by atoms with Crippen LogP contribution >= 0.6 is 15.9 Å². The van der Waals surface area contributed by atoms with Crippen LogP contribution < -0.4 is 11.1 Å². The molecule has 1 aromatic carbocycles. The minimum Gasteiger partial charge on any atom is -0.384 e. The van der Waals surface area contributed by atoms with Crippen molar-refractivity contribution < 1.29 is 0 Å². The van der Waals surface area contributed by atoms with Crippen LogP contribution in [0.5, 0.6) is 0 Å². The monoisotopic (exact) mass is 242 g/mol. The molecule has 0 spiro atoms. The van der Waals surface area contributed by atoms with E-state index in [1.165, 1.54) is 0 Å². The van der Waals surface area contributed by atoms with Crippen LogP contribution in [-0.2, 0) is 0 Å². The third-order valence-electron chi connectivity index (χ3n) is 1.92. The number of hydrogen-bond acceptors (Lipinski definition) is 2. The van der Waals surface area contributed by atoms with Crippen LogP contribution in [0.2, 0.25) is 0 Å². The van der Waals surface area contributed by atoms with Crippen LogP contribution in [0, 0.1) is 5.92 Å². The highest BCUT2D eigenvalue weighted by Gasteiger charge is 2.00. The minimum atomic E-state index is 0.507. The predicted molar refractivity (Wildman–Crippen MR) is 60.9 cm³/mol. The quantitative estimate of drug-likeness (QED) is 0.852. The Morgan fingerprint density at radius 2 is 2.15 bits per heavy atom. The molecule has 3 heteroatoms. The van der Waals surface area contributed by atoms with Crippen LogP contribution in [0.15, 0.2) is 28.7 Å². The third-order valence-corrected chi connectivity index (χ3v) is 2.61. The van der Waals surface area contributed by atoms with Crippen LogP contribution in [0.1, 0.15) is 6.92 Å². The van der Waals surface area contributed by atoms with Gasteiger partial charge in [-0.1, -0.05) is 19.1 Å². The fourth-order valence-corrected chi connectivity index (χ4v) is 1.40. The molecule has 0 aromatic heterocycles. The molecule has 0 radical (unpaired) electrons. The summed E-state index contributed by atoms with van der Waals surface area (Å²) in [5.41, 5.74) is 6.65. The van der Waals surface area contributed by atoms with Gasteiger partial charge in [0.1, 0.15) is 0 Å². The Balaban J connectivity index is 2.50. The summed E-state index contributed by atoms with van der Waals surface area (Å²) in [4.78, 5) is 0. The number of para-hydroxylation sites is 1. The zero-order valence-electron chi connectivity index (χ0n) is 7.76. The molecule has 1 atom stereocenters. The van der Waals surface area contributed by atoms with E-state index in [1.807, 2.05) is 24.3 Å². The molecule has 0 amide bonds. The number of nitrogens with two attached hydrogens (primary N) is 1. The first-order valence-electron chi connectivity index (χ1n) is 4.42. The van der Waals surface area contributed by atoms with Crippen LogP contribution in [-0.4, -0.2) is 13.1 Å². The van der Waals surface area contributed by atoms with Gasteiger partial charge in [-0.2, -0.15) is 0 Å².